The molecule has 6 heteroatoms. The molecule has 2 aromatic rings. The molecule has 0 aliphatic heterocycles. The Labute approximate surface area is 142 Å². The summed E-state index contributed by atoms with van der Waals surface area (Å²) in [5, 5.41) is 2.64. The van der Waals surface area contributed by atoms with E-state index in [9.17, 15) is 13.2 Å². The lowest BCUT2D eigenvalue weighted by Crippen LogP contribution is -2.25. The van der Waals surface area contributed by atoms with Crippen LogP contribution in [0.3, 0.4) is 0 Å². The number of anilines is 1. The largest absolute Gasteiger partial charge is 0.349 e. The van der Waals surface area contributed by atoms with Crippen LogP contribution < -0.4 is 10.0 Å². The molecular formula is C18H20N2O3S. The third kappa shape index (κ3) is 4.02. The van der Waals surface area contributed by atoms with E-state index in [1.165, 1.54) is 0 Å². The lowest BCUT2D eigenvalue weighted by molar-refractivity contribution is 0.0959. The molecule has 2 aromatic carbocycles. The van der Waals surface area contributed by atoms with Crippen LogP contribution >= 0.6 is 0 Å². The first kappa shape index (κ1) is 17.7. The normalized spacial score (nSPS) is 10.9. The maximum Gasteiger partial charge on any atom is 0.262 e. The molecule has 0 radical (unpaired) electrons. The molecule has 126 valence electrons. The van der Waals surface area contributed by atoms with Gasteiger partial charge < -0.3 is 5.32 Å². The van der Waals surface area contributed by atoms with Gasteiger partial charge in [0.2, 0.25) is 0 Å². The SMILES string of the molecule is C=CCNC(=O)c1ccccc1NS(=O)(=O)c1cc(C)ccc1C. The fraction of sp³-hybridized carbons (Fsp3) is 0.167. The first-order chi connectivity index (χ1) is 11.3. The number of amides is 1. The molecule has 2 rings (SSSR count). The van der Waals surface area contributed by atoms with E-state index in [0.29, 0.717) is 12.1 Å². The fourth-order valence-corrected chi connectivity index (χ4v) is 3.64. The van der Waals surface area contributed by atoms with Gasteiger partial charge in [-0.2, -0.15) is 0 Å². The summed E-state index contributed by atoms with van der Waals surface area (Å²) < 4.78 is 27.9. The first-order valence-corrected chi connectivity index (χ1v) is 8.91. The third-order valence-electron chi connectivity index (χ3n) is 3.46. The quantitative estimate of drug-likeness (QED) is 0.791. The summed E-state index contributed by atoms with van der Waals surface area (Å²) >= 11 is 0. The van der Waals surface area contributed by atoms with Crippen LogP contribution in [-0.4, -0.2) is 20.9 Å². The second-order valence-electron chi connectivity index (χ2n) is 5.42. The van der Waals surface area contributed by atoms with Gasteiger partial charge in [-0.05, 0) is 43.2 Å². The van der Waals surface area contributed by atoms with E-state index < -0.39 is 10.0 Å². The smallest absolute Gasteiger partial charge is 0.262 e. The Hall–Kier alpha value is -2.60. The van der Waals surface area contributed by atoms with E-state index >= 15 is 0 Å². The van der Waals surface area contributed by atoms with Gasteiger partial charge >= 0.3 is 0 Å². The zero-order valence-electron chi connectivity index (χ0n) is 13.7. The van der Waals surface area contributed by atoms with Crippen LogP contribution in [0.2, 0.25) is 0 Å². The summed E-state index contributed by atoms with van der Waals surface area (Å²) in [5.74, 6) is -0.367. The Morgan fingerprint density at radius 3 is 2.58 bits per heavy atom. The highest BCUT2D eigenvalue weighted by Crippen LogP contribution is 2.23. The molecule has 5 nitrogen and oxygen atoms in total. The first-order valence-electron chi connectivity index (χ1n) is 7.43. The van der Waals surface area contributed by atoms with E-state index in [0.717, 1.165) is 5.56 Å². The average Bonchev–Trinajstić information content (AvgIpc) is 2.55. The maximum atomic E-state index is 12.7. The minimum absolute atomic E-state index is 0.198. The highest BCUT2D eigenvalue weighted by Gasteiger charge is 2.20. The number of para-hydroxylation sites is 1. The Bertz CT molecular complexity index is 874. The van der Waals surface area contributed by atoms with Crippen molar-refractivity contribution >= 4 is 21.6 Å². The number of aryl methyl sites for hydroxylation is 2. The van der Waals surface area contributed by atoms with Gasteiger partial charge in [-0.25, -0.2) is 8.42 Å². The van der Waals surface area contributed by atoms with Crippen LogP contribution in [0.1, 0.15) is 21.5 Å². The van der Waals surface area contributed by atoms with Crippen LogP contribution in [0.4, 0.5) is 5.69 Å². The minimum Gasteiger partial charge on any atom is -0.349 e. The van der Waals surface area contributed by atoms with Crippen LogP contribution in [0.25, 0.3) is 0 Å². The molecular weight excluding hydrogens is 324 g/mol. The van der Waals surface area contributed by atoms with Crippen molar-refractivity contribution in [3.63, 3.8) is 0 Å². The number of carbonyl (C=O) groups excluding carboxylic acids is 1. The number of hydrogen-bond acceptors (Lipinski definition) is 3. The van der Waals surface area contributed by atoms with E-state index in [2.05, 4.69) is 16.6 Å². The molecule has 2 N–H and O–H groups in total. The second-order valence-corrected chi connectivity index (χ2v) is 7.07. The Morgan fingerprint density at radius 1 is 1.17 bits per heavy atom. The van der Waals surface area contributed by atoms with E-state index in [1.54, 1.807) is 49.4 Å². The van der Waals surface area contributed by atoms with Crippen LogP contribution in [0.15, 0.2) is 60.0 Å². The lowest BCUT2D eigenvalue weighted by atomic mass is 10.1. The zero-order valence-corrected chi connectivity index (χ0v) is 14.5. The number of benzene rings is 2. The highest BCUT2D eigenvalue weighted by molar-refractivity contribution is 7.92. The topological polar surface area (TPSA) is 75.3 Å². The van der Waals surface area contributed by atoms with Crippen molar-refractivity contribution in [3.05, 3.63) is 71.8 Å². The summed E-state index contributed by atoms with van der Waals surface area (Å²) in [4.78, 5) is 12.4. The molecule has 0 atom stereocenters. The van der Waals surface area contributed by atoms with E-state index in [-0.39, 0.29) is 22.1 Å². The molecule has 0 fully saturated rings. The Balaban J connectivity index is 2.38. The molecule has 24 heavy (non-hydrogen) atoms. The fourth-order valence-electron chi connectivity index (χ4n) is 2.23. The monoisotopic (exact) mass is 344 g/mol. The molecule has 0 heterocycles. The van der Waals surface area contributed by atoms with Crippen molar-refractivity contribution in [1.29, 1.82) is 0 Å². The molecule has 0 aliphatic carbocycles. The molecule has 0 bridgehead atoms. The van der Waals surface area contributed by atoms with Gasteiger partial charge in [0.05, 0.1) is 16.1 Å². The van der Waals surface area contributed by atoms with Crippen molar-refractivity contribution < 1.29 is 13.2 Å². The van der Waals surface area contributed by atoms with Gasteiger partial charge in [0, 0.05) is 6.54 Å². The Morgan fingerprint density at radius 2 is 1.88 bits per heavy atom. The molecule has 0 spiro atoms. The summed E-state index contributed by atoms with van der Waals surface area (Å²) in [6.07, 6.45) is 1.56. The molecule has 0 aromatic heterocycles. The zero-order chi connectivity index (χ0) is 17.7. The standard InChI is InChI=1S/C18H20N2O3S/c1-4-11-19-18(21)15-7-5-6-8-16(15)20-24(22,23)17-12-13(2)9-10-14(17)3/h4-10,12,20H,1,11H2,2-3H3,(H,19,21). The molecule has 0 saturated carbocycles. The average molecular weight is 344 g/mol. The summed E-state index contributed by atoms with van der Waals surface area (Å²) in [5.41, 5.74) is 1.98. The molecule has 0 aliphatic rings. The third-order valence-corrected chi connectivity index (χ3v) is 4.96. The van der Waals surface area contributed by atoms with Gasteiger partial charge in [-0.1, -0.05) is 30.3 Å². The van der Waals surface area contributed by atoms with Gasteiger partial charge in [0.1, 0.15) is 0 Å². The number of rotatable bonds is 6. The summed E-state index contributed by atoms with van der Waals surface area (Å²) in [7, 11) is -3.79. The minimum atomic E-state index is -3.79. The van der Waals surface area contributed by atoms with Crippen molar-refractivity contribution in [3.8, 4) is 0 Å². The van der Waals surface area contributed by atoms with E-state index in [1.807, 2.05) is 13.0 Å². The summed E-state index contributed by atoms with van der Waals surface area (Å²) in [6.45, 7) is 7.40. The van der Waals surface area contributed by atoms with Crippen LogP contribution in [0, 0.1) is 13.8 Å². The lowest BCUT2D eigenvalue weighted by Gasteiger charge is -2.14. The molecule has 1 amide bonds. The van der Waals surface area contributed by atoms with Crippen LogP contribution in [0.5, 0.6) is 0 Å². The highest BCUT2D eigenvalue weighted by atomic mass is 32.2. The molecule has 0 saturated heterocycles. The predicted molar refractivity (Wildman–Crippen MR) is 95.7 cm³/mol. The van der Waals surface area contributed by atoms with Crippen molar-refractivity contribution in [2.75, 3.05) is 11.3 Å². The van der Waals surface area contributed by atoms with Crippen molar-refractivity contribution in [1.82, 2.24) is 5.32 Å². The molecule has 0 unspecified atom stereocenters. The number of sulfonamides is 1. The van der Waals surface area contributed by atoms with Crippen molar-refractivity contribution in [2.24, 2.45) is 0 Å². The Kier molecular flexibility index (Phi) is 5.41. The van der Waals surface area contributed by atoms with Crippen molar-refractivity contribution in [2.45, 2.75) is 18.7 Å². The van der Waals surface area contributed by atoms with Gasteiger partial charge in [-0.3, -0.25) is 9.52 Å². The predicted octanol–water partition coefficient (Wildman–Crippen LogP) is 3.02. The van der Waals surface area contributed by atoms with Gasteiger partial charge in [0.15, 0.2) is 0 Å². The maximum absolute atomic E-state index is 12.7. The number of carbonyl (C=O) groups is 1. The number of nitrogens with one attached hydrogen (secondary N) is 2. The van der Waals surface area contributed by atoms with Gasteiger partial charge in [0.25, 0.3) is 15.9 Å². The van der Waals surface area contributed by atoms with E-state index in [4.69, 9.17) is 0 Å². The number of hydrogen-bond donors (Lipinski definition) is 2. The van der Waals surface area contributed by atoms with Crippen LogP contribution in [-0.2, 0) is 10.0 Å². The second kappa shape index (κ2) is 7.31. The summed E-state index contributed by atoms with van der Waals surface area (Å²) in [6, 6.07) is 11.7. The van der Waals surface area contributed by atoms with Gasteiger partial charge in [-0.15, -0.1) is 6.58 Å².